The van der Waals surface area contributed by atoms with Gasteiger partial charge in [0.15, 0.2) is 0 Å². The van der Waals surface area contributed by atoms with Gasteiger partial charge in [-0.3, -0.25) is 4.90 Å². The number of hydrogen-bond donors (Lipinski definition) is 1. The smallest absolute Gasteiger partial charge is 0.410 e. The second kappa shape index (κ2) is 8.76. The highest BCUT2D eigenvalue weighted by Gasteiger charge is 2.40. The molecule has 2 aromatic carbocycles. The van der Waals surface area contributed by atoms with Gasteiger partial charge in [-0.25, -0.2) is 4.79 Å². The number of carbonyl (C=O) groups excluding carboxylic acids is 1. The van der Waals surface area contributed by atoms with E-state index >= 15 is 0 Å². The first-order valence-corrected chi connectivity index (χ1v) is 10.1. The third-order valence-corrected chi connectivity index (χ3v) is 5.61. The van der Waals surface area contributed by atoms with Crippen molar-refractivity contribution in [2.45, 2.75) is 38.1 Å². The standard InChI is InChI=1S/C23H28N2O3/c26-22-16-25(23(27)28-17-20-9-5-2-6-10-20)15-21(22)24(14-19-11-12-19)13-18-7-3-1-4-8-18/h1-10,19,21-22,26H,11-17H2/t21-,22-/m0/s1. The molecule has 0 bridgehead atoms. The summed E-state index contributed by atoms with van der Waals surface area (Å²) in [6.45, 7) is 2.87. The van der Waals surface area contributed by atoms with E-state index in [9.17, 15) is 9.90 Å². The fourth-order valence-electron chi connectivity index (χ4n) is 3.86. The molecule has 0 aromatic heterocycles. The summed E-state index contributed by atoms with van der Waals surface area (Å²) < 4.78 is 5.46. The van der Waals surface area contributed by atoms with Crippen LogP contribution in [-0.4, -0.2) is 52.8 Å². The molecule has 4 rings (SSSR count). The molecule has 1 aliphatic heterocycles. The zero-order valence-corrected chi connectivity index (χ0v) is 16.1. The quantitative estimate of drug-likeness (QED) is 0.801. The first-order chi connectivity index (χ1) is 13.7. The van der Waals surface area contributed by atoms with Gasteiger partial charge in [0, 0.05) is 19.6 Å². The highest BCUT2D eigenvalue weighted by atomic mass is 16.6. The molecule has 1 aliphatic carbocycles. The second-order valence-corrected chi connectivity index (χ2v) is 7.94. The van der Waals surface area contributed by atoms with Crippen LogP contribution in [0.4, 0.5) is 4.79 Å². The maximum Gasteiger partial charge on any atom is 0.410 e. The molecule has 1 N–H and O–H groups in total. The molecule has 1 saturated heterocycles. The molecule has 2 aromatic rings. The van der Waals surface area contributed by atoms with E-state index in [4.69, 9.17) is 4.74 Å². The fourth-order valence-corrected chi connectivity index (χ4v) is 3.86. The Hall–Kier alpha value is -2.37. The molecular weight excluding hydrogens is 352 g/mol. The predicted molar refractivity (Wildman–Crippen MR) is 108 cm³/mol. The van der Waals surface area contributed by atoms with Crippen LogP contribution in [0.5, 0.6) is 0 Å². The van der Waals surface area contributed by atoms with Crippen LogP contribution in [0.3, 0.4) is 0 Å². The predicted octanol–water partition coefficient (Wildman–Crippen LogP) is 3.28. The lowest BCUT2D eigenvalue weighted by atomic mass is 10.1. The number of benzene rings is 2. The van der Waals surface area contributed by atoms with E-state index in [0.29, 0.717) is 13.1 Å². The van der Waals surface area contributed by atoms with Gasteiger partial charge in [0.2, 0.25) is 0 Å². The van der Waals surface area contributed by atoms with Crippen LogP contribution in [0.25, 0.3) is 0 Å². The van der Waals surface area contributed by atoms with Crippen LogP contribution in [-0.2, 0) is 17.9 Å². The van der Waals surface area contributed by atoms with E-state index in [2.05, 4.69) is 17.0 Å². The van der Waals surface area contributed by atoms with Gasteiger partial charge in [0.05, 0.1) is 18.7 Å². The van der Waals surface area contributed by atoms with Crippen molar-refractivity contribution in [2.24, 2.45) is 5.92 Å². The Kier molecular flexibility index (Phi) is 5.93. The number of rotatable bonds is 7. The van der Waals surface area contributed by atoms with Gasteiger partial charge in [-0.05, 0) is 29.9 Å². The minimum atomic E-state index is -0.549. The van der Waals surface area contributed by atoms with E-state index < -0.39 is 6.10 Å². The Morgan fingerprint density at radius 1 is 1.00 bits per heavy atom. The van der Waals surface area contributed by atoms with Crippen molar-refractivity contribution in [1.29, 1.82) is 0 Å². The number of nitrogens with zero attached hydrogens (tertiary/aromatic N) is 2. The van der Waals surface area contributed by atoms with Crippen molar-refractivity contribution in [2.75, 3.05) is 19.6 Å². The molecule has 0 spiro atoms. The SMILES string of the molecule is O=C(OCc1ccccc1)N1C[C@H](O)[C@@H](N(Cc2ccccc2)CC2CC2)C1. The molecule has 5 nitrogen and oxygen atoms in total. The molecule has 0 unspecified atom stereocenters. The van der Waals surface area contributed by atoms with Gasteiger partial charge in [-0.1, -0.05) is 60.7 Å². The Morgan fingerprint density at radius 3 is 2.29 bits per heavy atom. The second-order valence-electron chi connectivity index (χ2n) is 7.94. The van der Waals surface area contributed by atoms with Gasteiger partial charge in [0.1, 0.15) is 6.61 Å². The van der Waals surface area contributed by atoms with Crippen LogP contribution in [0.2, 0.25) is 0 Å². The van der Waals surface area contributed by atoms with Crippen molar-refractivity contribution in [1.82, 2.24) is 9.80 Å². The number of amides is 1. The van der Waals surface area contributed by atoms with Gasteiger partial charge < -0.3 is 14.7 Å². The first-order valence-electron chi connectivity index (χ1n) is 10.1. The highest BCUT2D eigenvalue weighted by Crippen LogP contribution is 2.32. The van der Waals surface area contributed by atoms with Crippen LogP contribution in [0.15, 0.2) is 60.7 Å². The first kappa shape index (κ1) is 19.0. The molecule has 1 amide bonds. The van der Waals surface area contributed by atoms with E-state index in [-0.39, 0.29) is 18.7 Å². The summed E-state index contributed by atoms with van der Waals surface area (Å²) in [4.78, 5) is 16.5. The zero-order chi connectivity index (χ0) is 19.3. The number of carbonyl (C=O) groups is 1. The van der Waals surface area contributed by atoms with Crippen molar-refractivity contribution < 1.29 is 14.6 Å². The molecular formula is C23H28N2O3. The van der Waals surface area contributed by atoms with Crippen LogP contribution >= 0.6 is 0 Å². The van der Waals surface area contributed by atoms with E-state index in [0.717, 1.165) is 24.6 Å². The third-order valence-electron chi connectivity index (χ3n) is 5.61. The van der Waals surface area contributed by atoms with Crippen LogP contribution < -0.4 is 0 Å². The lowest BCUT2D eigenvalue weighted by molar-refractivity contribution is 0.0746. The monoisotopic (exact) mass is 380 g/mol. The maximum absolute atomic E-state index is 12.5. The van der Waals surface area contributed by atoms with E-state index in [1.54, 1.807) is 4.90 Å². The van der Waals surface area contributed by atoms with E-state index in [1.165, 1.54) is 18.4 Å². The number of β-amino-alcohol motifs (C(OH)–C–C–N with tert-alkyl or cyclic N) is 1. The van der Waals surface area contributed by atoms with Gasteiger partial charge in [-0.15, -0.1) is 0 Å². The molecule has 148 valence electrons. The summed E-state index contributed by atoms with van der Waals surface area (Å²) in [6.07, 6.45) is 1.62. The minimum Gasteiger partial charge on any atom is -0.445 e. The van der Waals surface area contributed by atoms with Gasteiger partial charge >= 0.3 is 6.09 Å². The summed E-state index contributed by atoms with van der Waals surface area (Å²) in [7, 11) is 0. The Labute approximate surface area is 166 Å². The molecule has 0 radical (unpaired) electrons. The molecule has 2 fully saturated rings. The van der Waals surface area contributed by atoms with Crippen molar-refractivity contribution in [3.63, 3.8) is 0 Å². The van der Waals surface area contributed by atoms with Crippen molar-refractivity contribution in [3.05, 3.63) is 71.8 Å². The van der Waals surface area contributed by atoms with Gasteiger partial charge in [-0.2, -0.15) is 0 Å². The summed E-state index contributed by atoms with van der Waals surface area (Å²) >= 11 is 0. The number of ether oxygens (including phenoxy) is 1. The maximum atomic E-state index is 12.5. The lowest BCUT2D eigenvalue weighted by Gasteiger charge is -2.30. The van der Waals surface area contributed by atoms with Crippen LogP contribution in [0.1, 0.15) is 24.0 Å². The Bertz CT molecular complexity index is 764. The highest BCUT2D eigenvalue weighted by molar-refractivity contribution is 5.68. The number of aliphatic hydroxyl groups is 1. The molecule has 28 heavy (non-hydrogen) atoms. The average Bonchev–Trinajstić information content (AvgIpc) is 3.46. The molecule has 5 heteroatoms. The minimum absolute atomic E-state index is 0.0509. The largest absolute Gasteiger partial charge is 0.445 e. The van der Waals surface area contributed by atoms with Crippen molar-refractivity contribution >= 4 is 6.09 Å². The molecule has 2 atom stereocenters. The number of likely N-dealkylation sites (tertiary alicyclic amines) is 1. The average molecular weight is 380 g/mol. The van der Waals surface area contributed by atoms with E-state index in [1.807, 2.05) is 48.5 Å². The summed E-state index contributed by atoms with van der Waals surface area (Å²) in [5, 5.41) is 10.7. The molecule has 1 saturated carbocycles. The summed E-state index contributed by atoms with van der Waals surface area (Å²) in [6, 6.07) is 20.0. The number of aliphatic hydroxyl groups excluding tert-OH is 1. The topological polar surface area (TPSA) is 53.0 Å². The van der Waals surface area contributed by atoms with Crippen LogP contribution in [0, 0.1) is 5.92 Å². The fraction of sp³-hybridized carbons (Fsp3) is 0.435. The number of hydrogen-bond acceptors (Lipinski definition) is 4. The normalized spacial score (nSPS) is 21.9. The molecule has 2 aliphatic rings. The summed E-state index contributed by atoms with van der Waals surface area (Å²) in [5.41, 5.74) is 2.20. The Morgan fingerprint density at radius 2 is 1.64 bits per heavy atom. The zero-order valence-electron chi connectivity index (χ0n) is 16.1. The Balaban J connectivity index is 1.37. The molecule has 1 heterocycles. The van der Waals surface area contributed by atoms with Gasteiger partial charge in [0.25, 0.3) is 0 Å². The summed E-state index contributed by atoms with van der Waals surface area (Å²) in [5.74, 6) is 0.718. The van der Waals surface area contributed by atoms with Crippen molar-refractivity contribution in [3.8, 4) is 0 Å². The lowest BCUT2D eigenvalue weighted by Crippen LogP contribution is -2.44. The third kappa shape index (κ3) is 4.91.